The number of piperidine rings is 1. The maximum Gasteiger partial charge on any atom is 0.184 e. The van der Waals surface area contributed by atoms with Gasteiger partial charge in [-0.3, -0.25) is 5.01 Å². The molecule has 0 aliphatic carbocycles. The van der Waals surface area contributed by atoms with E-state index < -0.39 is 0 Å². The van der Waals surface area contributed by atoms with Gasteiger partial charge >= 0.3 is 0 Å². The Morgan fingerprint density at radius 3 is 2.38 bits per heavy atom. The van der Waals surface area contributed by atoms with Crippen molar-refractivity contribution in [1.29, 1.82) is 0 Å². The predicted molar refractivity (Wildman–Crippen MR) is 56.1 cm³/mol. The monoisotopic (exact) mass is 200 g/mol. The molecule has 0 atom stereocenters. The molecule has 0 saturated carbocycles. The summed E-state index contributed by atoms with van der Waals surface area (Å²) in [6.07, 6.45) is 2.21. The average Bonchev–Trinajstić information content (AvgIpc) is 2.36. The van der Waals surface area contributed by atoms with Gasteiger partial charge in [-0.1, -0.05) is 0 Å². The van der Waals surface area contributed by atoms with Crippen molar-refractivity contribution in [2.75, 3.05) is 27.2 Å². The smallest absolute Gasteiger partial charge is 0.184 e. The van der Waals surface area contributed by atoms with Crippen molar-refractivity contribution in [2.45, 2.75) is 18.5 Å². The van der Waals surface area contributed by atoms with E-state index in [9.17, 15) is 0 Å². The van der Waals surface area contributed by atoms with Crippen molar-refractivity contribution in [3.05, 3.63) is 0 Å². The molecule has 2 aliphatic rings. The van der Waals surface area contributed by atoms with Gasteiger partial charge in [-0.05, 0) is 32.1 Å². The first-order valence-corrected chi connectivity index (χ1v) is 5.04. The molecule has 1 spiro atoms. The first-order valence-electron chi connectivity index (χ1n) is 4.64. The van der Waals surface area contributed by atoms with E-state index in [1.54, 1.807) is 0 Å². The van der Waals surface area contributed by atoms with Crippen LogP contribution in [0.25, 0.3) is 0 Å². The molecule has 2 N–H and O–H groups in total. The molecule has 0 unspecified atom stereocenters. The van der Waals surface area contributed by atoms with Crippen molar-refractivity contribution in [3.8, 4) is 0 Å². The van der Waals surface area contributed by atoms with Gasteiger partial charge in [0.15, 0.2) is 5.11 Å². The maximum atomic E-state index is 5.16. The molecule has 0 bridgehead atoms. The van der Waals surface area contributed by atoms with Gasteiger partial charge in [-0.15, -0.1) is 0 Å². The van der Waals surface area contributed by atoms with E-state index in [1.165, 1.54) is 0 Å². The molecule has 2 saturated heterocycles. The summed E-state index contributed by atoms with van der Waals surface area (Å²) < 4.78 is 0. The Labute approximate surface area is 84.2 Å². The first kappa shape index (κ1) is 9.18. The zero-order chi connectivity index (χ0) is 9.47. The lowest BCUT2D eigenvalue weighted by molar-refractivity contribution is 0.127. The number of likely N-dealkylation sites (tertiary alicyclic amines) is 1. The summed E-state index contributed by atoms with van der Waals surface area (Å²) in [6, 6.07) is 0. The third kappa shape index (κ3) is 1.63. The topological polar surface area (TPSA) is 30.5 Å². The van der Waals surface area contributed by atoms with Crippen molar-refractivity contribution < 1.29 is 0 Å². The summed E-state index contributed by atoms with van der Waals surface area (Å²) in [4.78, 5) is 2.34. The second-order valence-corrected chi connectivity index (χ2v) is 4.37. The molecule has 0 radical (unpaired) electrons. The molecular weight excluding hydrogens is 184 g/mol. The minimum Gasteiger partial charge on any atom is -0.342 e. The van der Waals surface area contributed by atoms with Gasteiger partial charge in [-0.2, -0.15) is 0 Å². The lowest BCUT2D eigenvalue weighted by Gasteiger charge is -2.37. The van der Waals surface area contributed by atoms with E-state index >= 15 is 0 Å². The van der Waals surface area contributed by atoms with Crippen LogP contribution < -0.4 is 10.7 Å². The van der Waals surface area contributed by atoms with Gasteiger partial charge < -0.3 is 10.2 Å². The molecule has 4 nitrogen and oxygen atoms in total. The highest BCUT2D eigenvalue weighted by Gasteiger charge is 2.40. The van der Waals surface area contributed by atoms with Crippen LogP contribution in [0, 0.1) is 0 Å². The van der Waals surface area contributed by atoms with Crippen LogP contribution in [-0.2, 0) is 0 Å². The normalized spacial score (nSPS) is 28.2. The molecule has 74 valence electrons. The number of rotatable bonds is 0. The van der Waals surface area contributed by atoms with Crippen molar-refractivity contribution in [3.63, 3.8) is 0 Å². The largest absolute Gasteiger partial charge is 0.342 e. The standard InChI is InChI=1S/C8H16N4S/c1-11-5-3-8(4-6-11)9-7(13)12(2)10-8/h10H,3-6H2,1-2H3,(H,9,13). The highest BCUT2D eigenvalue weighted by Crippen LogP contribution is 2.22. The second kappa shape index (κ2) is 3.08. The maximum absolute atomic E-state index is 5.16. The highest BCUT2D eigenvalue weighted by molar-refractivity contribution is 7.80. The van der Waals surface area contributed by atoms with Crippen LogP contribution in [0.1, 0.15) is 12.8 Å². The van der Waals surface area contributed by atoms with Crippen molar-refractivity contribution >= 4 is 17.3 Å². The number of thiocarbonyl (C=S) groups is 1. The van der Waals surface area contributed by atoms with Crippen LogP contribution in [-0.4, -0.2) is 47.9 Å². The van der Waals surface area contributed by atoms with Gasteiger partial charge in [0.05, 0.1) is 0 Å². The lowest BCUT2D eigenvalue weighted by atomic mass is 9.99. The summed E-state index contributed by atoms with van der Waals surface area (Å²) >= 11 is 5.16. The third-order valence-corrected chi connectivity index (χ3v) is 3.25. The van der Waals surface area contributed by atoms with E-state index in [1.807, 2.05) is 12.1 Å². The van der Waals surface area contributed by atoms with Crippen molar-refractivity contribution in [2.24, 2.45) is 0 Å². The van der Waals surface area contributed by atoms with Gasteiger partial charge in [0, 0.05) is 20.1 Å². The van der Waals surface area contributed by atoms with E-state index in [4.69, 9.17) is 12.2 Å². The van der Waals surface area contributed by atoms with Crippen LogP contribution in [0.3, 0.4) is 0 Å². The fourth-order valence-corrected chi connectivity index (χ4v) is 2.17. The fourth-order valence-electron chi connectivity index (χ4n) is 1.93. The SMILES string of the molecule is CN1CCC2(CC1)NC(=S)N(C)N2. The second-order valence-electron chi connectivity index (χ2n) is 3.99. The molecule has 13 heavy (non-hydrogen) atoms. The van der Waals surface area contributed by atoms with Gasteiger partial charge in [-0.25, -0.2) is 5.43 Å². The van der Waals surface area contributed by atoms with E-state index in [-0.39, 0.29) is 5.66 Å². The minimum atomic E-state index is 0.0400. The Morgan fingerprint density at radius 1 is 1.31 bits per heavy atom. The van der Waals surface area contributed by atoms with Crippen LogP contribution in [0.5, 0.6) is 0 Å². The minimum absolute atomic E-state index is 0.0400. The first-order chi connectivity index (χ1) is 6.11. The molecular formula is C8H16N4S. The Bertz CT molecular complexity index is 222. The van der Waals surface area contributed by atoms with Crippen LogP contribution >= 0.6 is 12.2 Å². The Balaban J connectivity index is 2.03. The molecule has 2 fully saturated rings. The zero-order valence-electron chi connectivity index (χ0n) is 8.13. The number of nitrogens with one attached hydrogen (secondary N) is 2. The Kier molecular flexibility index (Phi) is 2.17. The Hall–Kier alpha value is -0.390. The number of nitrogens with zero attached hydrogens (tertiary/aromatic N) is 2. The molecule has 0 amide bonds. The average molecular weight is 200 g/mol. The number of hydrogen-bond acceptors (Lipinski definition) is 3. The van der Waals surface area contributed by atoms with Gasteiger partial charge in [0.25, 0.3) is 0 Å². The third-order valence-electron chi connectivity index (χ3n) is 2.87. The van der Waals surface area contributed by atoms with E-state index in [2.05, 4.69) is 22.7 Å². The quantitative estimate of drug-likeness (QED) is 0.526. The van der Waals surface area contributed by atoms with Crippen LogP contribution in [0.4, 0.5) is 0 Å². The molecule has 2 rings (SSSR count). The summed E-state index contributed by atoms with van der Waals surface area (Å²) in [5.41, 5.74) is 3.43. The van der Waals surface area contributed by atoms with E-state index in [0.717, 1.165) is 31.0 Å². The summed E-state index contributed by atoms with van der Waals surface area (Å²) in [6.45, 7) is 2.24. The Morgan fingerprint density at radius 2 is 1.92 bits per heavy atom. The molecule has 0 aromatic carbocycles. The van der Waals surface area contributed by atoms with Gasteiger partial charge in [0.1, 0.15) is 5.66 Å². The highest BCUT2D eigenvalue weighted by atomic mass is 32.1. The number of hydrogen-bond donors (Lipinski definition) is 2. The van der Waals surface area contributed by atoms with E-state index in [0.29, 0.717) is 0 Å². The van der Waals surface area contributed by atoms with Gasteiger partial charge in [0.2, 0.25) is 0 Å². The van der Waals surface area contributed by atoms with Crippen LogP contribution in [0.2, 0.25) is 0 Å². The molecule has 2 heterocycles. The number of hydrazine groups is 1. The predicted octanol–water partition coefficient (Wildman–Crippen LogP) is -0.267. The molecule has 0 aromatic heterocycles. The molecule has 5 heteroatoms. The lowest BCUT2D eigenvalue weighted by Crippen LogP contribution is -2.57. The summed E-state index contributed by atoms with van der Waals surface area (Å²) in [5, 5.41) is 6.07. The zero-order valence-corrected chi connectivity index (χ0v) is 8.95. The fraction of sp³-hybridized carbons (Fsp3) is 0.875. The molecule has 0 aromatic rings. The van der Waals surface area contributed by atoms with Crippen molar-refractivity contribution in [1.82, 2.24) is 20.7 Å². The van der Waals surface area contributed by atoms with Crippen LogP contribution in [0.15, 0.2) is 0 Å². The summed E-state index contributed by atoms with van der Waals surface area (Å²) in [7, 11) is 4.12. The summed E-state index contributed by atoms with van der Waals surface area (Å²) in [5.74, 6) is 0. The molecule has 2 aliphatic heterocycles.